The van der Waals surface area contributed by atoms with E-state index in [0.717, 1.165) is 5.92 Å². The van der Waals surface area contributed by atoms with Crippen LogP contribution in [-0.4, -0.2) is 4.75 Å². The van der Waals surface area contributed by atoms with Crippen molar-refractivity contribution in [2.45, 2.75) is 52.7 Å². The maximum absolute atomic E-state index is 2.36. The molecule has 0 fully saturated rings. The van der Waals surface area contributed by atoms with Crippen LogP contribution in [0.25, 0.3) is 0 Å². The summed E-state index contributed by atoms with van der Waals surface area (Å²) in [6, 6.07) is 0. The quantitative estimate of drug-likeness (QED) is 0.631. The summed E-state index contributed by atoms with van der Waals surface area (Å²) >= 11 is 2.09. The number of hydrogen-bond acceptors (Lipinski definition) is 1. The molecule has 76 valence electrons. The van der Waals surface area contributed by atoms with E-state index in [1.54, 1.807) is 10.5 Å². The summed E-state index contributed by atoms with van der Waals surface area (Å²) in [5, 5.41) is 0. The van der Waals surface area contributed by atoms with Crippen LogP contribution in [0.3, 0.4) is 0 Å². The number of allylic oxidation sites excluding steroid dienone is 2. The summed E-state index contributed by atoms with van der Waals surface area (Å²) in [5.74, 6) is 1.44. The summed E-state index contributed by atoms with van der Waals surface area (Å²) in [5.41, 5.74) is 1.70. The molecule has 1 heterocycles. The molecule has 0 aromatic rings. The first-order valence-corrected chi connectivity index (χ1v) is 6.07. The monoisotopic (exact) mass is 198 g/mol. The highest BCUT2D eigenvalue weighted by atomic mass is 32.2. The lowest BCUT2D eigenvalue weighted by atomic mass is 9.91. The minimum Gasteiger partial charge on any atom is -0.124 e. The van der Waals surface area contributed by atoms with E-state index >= 15 is 0 Å². The van der Waals surface area contributed by atoms with Gasteiger partial charge in [-0.3, -0.25) is 0 Å². The first-order valence-electron chi connectivity index (χ1n) is 5.25. The molecule has 0 nitrogen and oxygen atoms in total. The topological polar surface area (TPSA) is 0 Å². The highest BCUT2D eigenvalue weighted by Crippen LogP contribution is 2.50. The van der Waals surface area contributed by atoms with Gasteiger partial charge in [-0.05, 0) is 23.2 Å². The molecular weight excluding hydrogens is 176 g/mol. The normalized spacial score (nSPS) is 22.2. The Morgan fingerprint density at radius 3 is 1.92 bits per heavy atom. The second kappa shape index (κ2) is 3.68. The minimum absolute atomic E-state index is 0.444. The molecule has 1 aliphatic heterocycles. The number of rotatable bonds is 2. The Kier molecular flexibility index (Phi) is 3.16. The molecule has 0 radical (unpaired) electrons. The largest absolute Gasteiger partial charge is 0.124 e. The van der Waals surface area contributed by atoms with Gasteiger partial charge in [0.2, 0.25) is 0 Å². The van der Waals surface area contributed by atoms with Gasteiger partial charge in [-0.15, -0.1) is 11.8 Å². The van der Waals surface area contributed by atoms with E-state index in [4.69, 9.17) is 0 Å². The van der Waals surface area contributed by atoms with E-state index in [2.05, 4.69) is 53.3 Å². The molecule has 0 spiro atoms. The van der Waals surface area contributed by atoms with Crippen molar-refractivity contribution < 1.29 is 0 Å². The predicted octanol–water partition coefficient (Wildman–Crippen LogP) is 4.47. The van der Waals surface area contributed by atoms with Gasteiger partial charge >= 0.3 is 0 Å². The SMILES string of the molecule is CC(C)C1=C(C(C)C)SC(C)(C)C1. The van der Waals surface area contributed by atoms with E-state index in [0.29, 0.717) is 10.7 Å². The van der Waals surface area contributed by atoms with Gasteiger partial charge in [-0.1, -0.05) is 47.1 Å². The molecule has 13 heavy (non-hydrogen) atoms. The standard InChI is InChI=1S/C12H22S/c1-8(2)10-7-12(5,6)13-11(10)9(3)4/h8-9H,7H2,1-6H3. The zero-order valence-corrected chi connectivity index (χ0v) is 10.6. The molecule has 0 atom stereocenters. The molecular formula is C12H22S. The van der Waals surface area contributed by atoms with Gasteiger partial charge in [0.25, 0.3) is 0 Å². The van der Waals surface area contributed by atoms with Crippen LogP contribution < -0.4 is 0 Å². The van der Waals surface area contributed by atoms with Gasteiger partial charge in [-0.2, -0.15) is 0 Å². The molecule has 1 heteroatoms. The van der Waals surface area contributed by atoms with Crippen LogP contribution in [0.5, 0.6) is 0 Å². The van der Waals surface area contributed by atoms with Crippen molar-refractivity contribution in [3.63, 3.8) is 0 Å². The Bertz CT molecular complexity index is 199. The average Bonchev–Trinajstić information content (AvgIpc) is 2.26. The molecule has 1 aliphatic rings. The zero-order valence-electron chi connectivity index (χ0n) is 9.77. The number of hydrogen-bond donors (Lipinski definition) is 0. The fraction of sp³-hybridized carbons (Fsp3) is 0.833. The lowest BCUT2D eigenvalue weighted by molar-refractivity contribution is 0.632. The third-order valence-electron chi connectivity index (χ3n) is 2.54. The van der Waals surface area contributed by atoms with Crippen molar-refractivity contribution >= 4 is 11.8 Å². The van der Waals surface area contributed by atoms with E-state index in [1.165, 1.54) is 6.42 Å². The van der Waals surface area contributed by atoms with Crippen LogP contribution in [0.4, 0.5) is 0 Å². The Balaban J connectivity index is 2.90. The fourth-order valence-electron chi connectivity index (χ4n) is 1.92. The summed E-state index contributed by atoms with van der Waals surface area (Å²) < 4.78 is 0.444. The van der Waals surface area contributed by atoms with Gasteiger partial charge in [0, 0.05) is 4.75 Å². The van der Waals surface area contributed by atoms with E-state index in [-0.39, 0.29) is 0 Å². The average molecular weight is 198 g/mol. The van der Waals surface area contributed by atoms with E-state index in [1.807, 2.05) is 0 Å². The smallest absolute Gasteiger partial charge is 0.0185 e. The van der Waals surface area contributed by atoms with Crippen LogP contribution >= 0.6 is 11.8 Å². The second-order valence-corrected chi connectivity index (χ2v) is 6.99. The van der Waals surface area contributed by atoms with Gasteiger partial charge in [-0.25, -0.2) is 0 Å². The van der Waals surface area contributed by atoms with Gasteiger partial charge < -0.3 is 0 Å². The second-order valence-electron chi connectivity index (χ2n) is 5.24. The van der Waals surface area contributed by atoms with Gasteiger partial charge in [0.05, 0.1) is 0 Å². The Morgan fingerprint density at radius 2 is 1.62 bits per heavy atom. The predicted molar refractivity (Wildman–Crippen MR) is 63.0 cm³/mol. The van der Waals surface area contributed by atoms with Crippen LogP contribution in [0.1, 0.15) is 48.0 Å². The van der Waals surface area contributed by atoms with Gasteiger partial charge in [0.15, 0.2) is 0 Å². The van der Waals surface area contributed by atoms with Crippen LogP contribution in [-0.2, 0) is 0 Å². The van der Waals surface area contributed by atoms with Crippen molar-refractivity contribution in [3.8, 4) is 0 Å². The summed E-state index contributed by atoms with van der Waals surface area (Å²) in [7, 11) is 0. The summed E-state index contributed by atoms with van der Waals surface area (Å²) in [4.78, 5) is 1.65. The maximum Gasteiger partial charge on any atom is 0.0185 e. The molecule has 0 aromatic heterocycles. The fourth-order valence-corrected chi connectivity index (χ4v) is 3.42. The minimum atomic E-state index is 0.444. The summed E-state index contributed by atoms with van der Waals surface area (Å²) in [6.07, 6.45) is 1.28. The van der Waals surface area contributed by atoms with Crippen molar-refractivity contribution in [2.75, 3.05) is 0 Å². The first-order chi connectivity index (χ1) is 5.83. The Labute approximate surface area is 87.2 Å². The zero-order chi connectivity index (χ0) is 10.2. The Hall–Kier alpha value is 0.0900. The van der Waals surface area contributed by atoms with Crippen LogP contribution in [0.2, 0.25) is 0 Å². The third kappa shape index (κ3) is 2.52. The van der Waals surface area contributed by atoms with Crippen molar-refractivity contribution in [2.24, 2.45) is 11.8 Å². The lowest BCUT2D eigenvalue weighted by Crippen LogP contribution is -2.10. The van der Waals surface area contributed by atoms with Crippen LogP contribution in [0.15, 0.2) is 10.5 Å². The van der Waals surface area contributed by atoms with Crippen molar-refractivity contribution in [1.29, 1.82) is 0 Å². The molecule has 0 saturated heterocycles. The highest BCUT2D eigenvalue weighted by Gasteiger charge is 2.33. The number of thioether (sulfide) groups is 1. The molecule has 1 rings (SSSR count). The molecule has 0 bridgehead atoms. The van der Waals surface area contributed by atoms with E-state index < -0.39 is 0 Å². The molecule has 0 unspecified atom stereocenters. The molecule has 0 amide bonds. The lowest BCUT2D eigenvalue weighted by Gasteiger charge is -2.17. The van der Waals surface area contributed by atoms with Crippen LogP contribution in [0, 0.1) is 11.8 Å². The molecule has 0 aliphatic carbocycles. The van der Waals surface area contributed by atoms with Gasteiger partial charge in [0.1, 0.15) is 0 Å². The third-order valence-corrected chi connectivity index (χ3v) is 4.19. The molecule has 0 N–H and O–H groups in total. The maximum atomic E-state index is 2.36. The van der Waals surface area contributed by atoms with Crippen molar-refractivity contribution in [3.05, 3.63) is 10.5 Å². The first kappa shape index (κ1) is 11.2. The Morgan fingerprint density at radius 1 is 1.08 bits per heavy atom. The highest BCUT2D eigenvalue weighted by molar-refractivity contribution is 8.04. The molecule has 0 aromatic carbocycles. The van der Waals surface area contributed by atoms with Crippen molar-refractivity contribution in [1.82, 2.24) is 0 Å². The van der Waals surface area contributed by atoms with E-state index in [9.17, 15) is 0 Å². The summed E-state index contributed by atoms with van der Waals surface area (Å²) in [6.45, 7) is 14.0. The molecule has 0 saturated carbocycles.